The quantitative estimate of drug-likeness (QED) is 0.862. The maximum absolute atomic E-state index is 12.3. The van der Waals surface area contributed by atoms with Crippen molar-refractivity contribution in [2.45, 2.75) is 30.7 Å². The molecule has 0 radical (unpaired) electrons. The molecule has 1 aromatic carbocycles. The standard InChI is InChI=1S/C14H16BrNO3S/c1-11(8-9-12-5-4-10-19-12)16-20(17,18)14-7-3-2-6-13(14)15/h2-7,10-11,16H,8-9H2,1H3. The van der Waals surface area contributed by atoms with Crippen molar-refractivity contribution in [3.63, 3.8) is 0 Å². The van der Waals surface area contributed by atoms with Crippen LogP contribution in [0, 0.1) is 0 Å². The van der Waals surface area contributed by atoms with Gasteiger partial charge in [-0.2, -0.15) is 0 Å². The van der Waals surface area contributed by atoms with Crippen molar-refractivity contribution in [1.29, 1.82) is 0 Å². The van der Waals surface area contributed by atoms with Crippen LogP contribution in [-0.2, 0) is 16.4 Å². The Balaban J connectivity index is 1.99. The van der Waals surface area contributed by atoms with Gasteiger partial charge in [-0.05, 0) is 53.5 Å². The highest BCUT2D eigenvalue weighted by Gasteiger charge is 2.19. The largest absolute Gasteiger partial charge is 0.469 e. The smallest absolute Gasteiger partial charge is 0.241 e. The predicted molar refractivity (Wildman–Crippen MR) is 81.0 cm³/mol. The van der Waals surface area contributed by atoms with Gasteiger partial charge in [-0.3, -0.25) is 0 Å². The molecule has 108 valence electrons. The Morgan fingerprint density at radius 3 is 2.65 bits per heavy atom. The Labute approximate surface area is 127 Å². The molecule has 0 aliphatic rings. The summed E-state index contributed by atoms with van der Waals surface area (Å²) in [5.74, 6) is 0.858. The Morgan fingerprint density at radius 2 is 2.00 bits per heavy atom. The van der Waals surface area contributed by atoms with Crippen molar-refractivity contribution < 1.29 is 12.8 Å². The molecular weight excluding hydrogens is 342 g/mol. The molecule has 4 nitrogen and oxygen atoms in total. The van der Waals surface area contributed by atoms with E-state index >= 15 is 0 Å². The maximum atomic E-state index is 12.3. The van der Waals surface area contributed by atoms with Crippen LogP contribution in [0.3, 0.4) is 0 Å². The van der Waals surface area contributed by atoms with Gasteiger partial charge >= 0.3 is 0 Å². The van der Waals surface area contributed by atoms with Gasteiger partial charge in [-0.15, -0.1) is 0 Å². The minimum Gasteiger partial charge on any atom is -0.469 e. The Bertz CT molecular complexity index is 653. The van der Waals surface area contributed by atoms with Gasteiger partial charge in [0.05, 0.1) is 11.2 Å². The van der Waals surface area contributed by atoms with Crippen molar-refractivity contribution in [2.75, 3.05) is 0 Å². The highest BCUT2D eigenvalue weighted by atomic mass is 79.9. The highest BCUT2D eigenvalue weighted by Crippen LogP contribution is 2.21. The number of benzene rings is 1. The lowest BCUT2D eigenvalue weighted by molar-refractivity contribution is 0.480. The molecule has 0 saturated heterocycles. The SMILES string of the molecule is CC(CCc1ccco1)NS(=O)(=O)c1ccccc1Br. The molecule has 0 spiro atoms. The van der Waals surface area contributed by atoms with Gasteiger partial charge < -0.3 is 4.42 Å². The van der Waals surface area contributed by atoms with E-state index in [0.717, 1.165) is 5.76 Å². The van der Waals surface area contributed by atoms with Crippen LogP contribution in [0.15, 0.2) is 56.4 Å². The monoisotopic (exact) mass is 357 g/mol. The van der Waals surface area contributed by atoms with E-state index in [1.165, 1.54) is 0 Å². The second-order valence-electron chi connectivity index (χ2n) is 4.57. The molecule has 6 heteroatoms. The first-order valence-electron chi connectivity index (χ1n) is 6.28. The van der Waals surface area contributed by atoms with Crippen LogP contribution in [0.1, 0.15) is 19.1 Å². The molecule has 0 fully saturated rings. The van der Waals surface area contributed by atoms with E-state index in [9.17, 15) is 8.42 Å². The number of sulfonamides is 1. The van der Waals surface area contributed by atoms with Crippen molar-refractivity contribution >= 4 is 26.0 Å². The molecule has 0 saturated carbocycles. The third kappa shape index (κ3) is 3.94. The van der Waals surface area contributed by atoms with Crippen LogP contribution in [-0.4, -0.2) is 14.5 Å². The van der Waals surface area contributed by atoms with Gasteiger partial charge in [0.2, 0.25) is 10.0 Å². The Kier molecular flexibility index (Phi) is 5.01. The third-order valence-corrected chi connectivity index (χ3v) is 5.49. The number of nitrogens with one attached hydrogen (secondary N) is 1. The first-order valence-corrected chi connectivity index (χ1v) is 8.56. The van der Waals surface area contributed by atoms with Gasteiger partial charge in [0.1, 0.15) is 5.76 Å². The summed E-state index contributed by atoms with van der Waals surface area (Å²) in [7, 11) is -3.51. The molecule has 1 heterocycles. The second kappa shape index (κ2) is 6.56. The van der Waals surface area contributed by atoms with Gasteiger partial charge in [0, 0.05) is 16.9 Å². The van der Waals surface area contributed by atoms with Gasteiger partial charge in [-0.1, -0.05) is 12.1 Å². The zero-order valence-corrected chi connectivity index (χ0v) is 13.4. The molecule has 0 amide bonds. The number of hydrogen-bond acceptors (Lipinski definition) is 3. The van der Waals surface area contributed by atoms with Crippen LogP contribution in [0.4, 0.5) is 0 Å². The van der Waals surface area contributed by atoms with Crippen LogP contribution < -0.4 is 4.72 Å². The van der Waals surface area contributed by atoms with Gasteiger partial charge in [0.25, 0.3) is 0 Å². The van der Waals surface area contributed by atoms with Crippen LogP contribution in [0.5, 0.6) is 0 Å². The third-order valence-electron chi connectivity index (χ3n) is 2.89. The first-order chi connectivity index (χ1) is 9.49. The number of aryl methyl sites for hydroxylation is 1. The summed E-state index contributed by atoms with van der Waals surface area (Å²) in [4.78, 5) is 0.254. The van der Waals surface area contributed by atoms with Crippen LogP contribution in [0.2, 0.25) is 0 Å². The minimum absolute atomic E-state index is 0.169. The van der Waals surface area contributed by atoms with Crippen molar-refractivity contribution in [3.05, 3.63) is 52.9 Å². The predicted octanol–water partition coefficient (Wildman–Crippen LogP) is 3.34. The van der Waals surface area contributed by atoms with E-state index in [2.05, 4.69) is 20.7 Å². The second-order valence-corrected chi connectivity index (χ2v) is 7.11. The summed E-state index contributed by atoms with van der Waals surface area (Å²) in [6, 6.07) is 10.3. The van der Waals surface area contributed by atoms with E-state index in [0.29, 0.717) is 17.3 Å². The van der Waals surface area contributed by atoms with E-state index in [1.807, 2.05) is 19.1 Å². The average molecular weight is 358 g/mol. The summed E-state index contributed by atoms with van der Waals surface area (Å²) in [5.41, 5.74) is 0. The van der Waals surface area contributed by atoms with E-state index < -0.39 is 10.0 Å². The lowest BCUT2D eigenvalue weighted by Gasteiger charge is -2.14. The fourth-order valence-corrected chi connectivity index (χ4v) is 4.14. The molecule has 20 heavy (non-hydrogen) atoms. The summed E-state index contributed by atoms with van der Waals surface area (Å²) >= 11 is 3.26. The Hall–Kier alpha value is -1.11. The topological polar surface area (TPSA) is 59.3 Å². The fourth-order valence-electron chi connectivity index (χ4n) is 1.86. The lowest BCUT2D eigenvalue weighted by Crippen LogP contribution is -2.33. The van der Waals surface area contributed by atoms with E-state index in [-0.39, 0.29) is 10.9 Å². The van der Waals surface area contributed by atoms with E-state index in [1.54, 1.807) is 30.5 Å². The van der Waals surface area contributed by atoms with Crippen molar-refractivity contribution in [3.8, 4) is 0 Å². The van der Waals surface area contributed by atoms with E-state index in [4.69, 9.17) is 4.42 Å². The summed E-state index contributed by atoms with van der Waals surface area (Å²) in [5, 5.41) is 0. The number of halogens is 1. The Morgan fingerprint density at radius 1 is 1.25 bits per heavy atom. The molecule has 0 bridgehead atoms. The average Bonchev–Trinajstić information content (AvgIpc) is 2.89. The zero-order valence-electron chi connectivity index (χ0n) is 11.0. The first kappa shape index (κ1) is 15.3. The minimum atomic E-state index is -3.51. The molecule has 2 aromatic rings. The number of furan rings is 1. The zero-order chi connectivity index (χ0) is 14.6. The maximum Gasteiger partial charge on any atom is 0.241 e. The van der Waals surface area contributed by atoms with Gasteiger partial charge in [0.15, 0.2) is 0 Å². The molecule has 2 rings (SSSR count). The summed E-state index contributed by atoms with van der Waals surface area (Å²) in [6.07, 6.45) is 3.00. The fraction of sp³-hybridized carbons (Fsp3) is 0.286. The lowest BCUT2D eigenvalue weighted by atomic mass is 10.2. The van der Waals surface area contributed by atoms with Crippen LogP contribution in [0.25, 0.3) is 0 Å². The molecule has 1 aromatic heterocycles. The van der Waals surface area contributed by atoms with Crippen LogP contribution >= 0.6 is 15.9 Å². The molecule has 1 atom stereocenters. The summed E-state index contributed by atoms with van der Waals surface area (Å²) in [6.45, 7) is 1.84. The molecule has 0 aliphatic carbocycles. The number of rotatable bonds is 6. The molecule has 1 unspecified atom stereocenters. The molecular formula is C14H16BrNO3S. The highest BCUT2D eigenvalue weighted by molar-refractivity contribution is 9.10. The molecule has 1 N–H and O–H groups in total. The van der Waals surface area contributed by atoms with Crippen molar-refractivity contribution in [2.24, 2.45) is 0 Å². The summed E-state index contributed by atoms with van der Waals surface area (Å²) < 4.78 is 33.0. The van der Waals surface area contributed by atoms with Gasteiger partial charge in [-0.25, -0.2) is 13.1 Å². The van der Waals surface area contributed by atoms with Crippen molar-refractivity contribution in [1.82, 2.24) is 4.72 Å². The number of hydrogen-bond donors (Lipinski definition) is 1. The molecule has 0 aliphatic heterocycles. The normalized spacial score (nSPS) is 13.3.